The summed E-state index contributed by atoms with van der Waals surface area (Å²) in [5, 5.41) is 10.7. The van der Waals surface area contributed by atoms with Gasteiger partial charge in [0.05, 0.1) is 15.5 Å². The number of aryl methyl sites for hydroxylation is 2. The quantitative estimate of drug-likeness (QED) is 0.375. The molecule has 3 aromatic rings. The SMILES string of the molecule is Cc1cc(C)nc(NS(=O)(=O)c2ccc(N=Cc3ccc([N+](=O)[O-])cc3)cc2)n1. The van der Waals surface area contributed by atoms with Crippen molar-refractivity contribution < 1.29 is 13.3 Å². The van der Waals surface area contributed by atoms with Crippen molar-refractivity contribution in [1.29, 1.82) is 0 Å². The molecular weight excluding hydrogens is 394 g/mol. The number of aliphatic imine (C=N–C) groups is 1. The van der Waals surface area contributed by atoms with Crippen molar-refractivity contribution in [2.24, 2.45) is 4.99 Å². The number of rotatable bonds is 6. The van der Waals surface area contributed by atoms with Crippen LogP contribution >= 0.6 is 0 Å². The van der Waals surface area contributed by atoms with E-state index in [-0.39, 0.29) is 16.5 Å². The summed E-state index contributed by atoms with van der Waals surface area (Å²) in [5.41, 5.74) is 2.53. The molecule has 2 aromatic carbocycles. The maximum atomic E-state index is 12.5. The number of hydrogen-bond donors (Lipinski definition) is 1. The van der Waals surface area contributed by atoms with Gasteiger partial charge in [0.25, 0.3) is 15.7 Å². The van der Waals surface area contributed by atoms with Crippen molar-refractivity contribution >= 4 is 33.6 Å². The summed E-state index contributed by atoms with van der Waals surface area (Å²) in [4.78, 5) is 22.6. The van der Waals surface area contributed by atoms with E-state index in [0.717, 1.165) is 0 Å². The van der Waals surface area contributed by atoms with E-state index in [1.165, 1.54) is 30.5 Å². The van der Waals surface area contributed by atoms with Gasteiger partial charge in [-0.1, -0.05) is 0 Å². The van der Waals surface area contributed by atoms with E-state index in [4.69, 9.17) is 0 Å². The van der Waals surface area contributed by atoms with Gasteiger partial charge >= 0.3 is 0 Å². The Morgan fingerprint density at radius 3 is 2.14 bits per heavy atom. The van der Waals surface area contributed by atoms with Crippen LogP contribution in [0.4, 0.5) is 17.3 Å². The molecule has 1 heterocycles. The zero-order chi connectivity index (χ0) is 21.0. The first-order chi connectivity index (χ1) is 13.7. The topological polar surface area (TPSA) is 127 Å². The van der Waals surface area contributed by atoms with Gasteiger partial charge in [-0.05, 0) is 61.9 Å². The Labute approximate surface area is 167 Å². The molecule has 0 atom stereocenters. The number of aromatic nitrogens is 2. The molecule has 0 radical (unpaired) electrons. The van der Waals surface area contributed by atoms with Crippen LogP contribution in [0.1, 0.15) is 17.0 Å². The van der Waals surface area contributed by atoms with E-state index in [9.17, 15) is 18.5 Å². The number of nitro benzene ring substituents is 1. The molecule has 0 bridgehead atoms. The molecule has 9 nitrogen and oxygen atoms in total. The molecule has 0 unspecified atom stereocenters. The van der Waals surface area contributed by atoms with Crippen LogP contribution in [0.2, 0.25) is 0 Å². The highest BCUT2D eigenvalue weighted by atomic mass is 32.2. The molecule has 0 saturated carbocycles. The van der Waals surface area contributed by atoms with Crippen LogP contribution in [-0.2, 0) is 10.0 Å². The second-order valence-corrected chi connectivity index (χ2v) is 7.86. The van der Waals surface area contributed by atoms with Crippen LogP contribution in [0.15, 0.2) is 64.5 Å². The highest BCUT2D eigenvalue weighted by molar-refractivity contribution is 7.92. The van der Waals surface area contributed by atoms with Gasteiger partial charge in [-0.3, -0.25) is 15.1 Å². The predicted octanol–water partition coefficient (Wildman–Crippen LogP) is 3.55. The Morgan fingerprint density at radius 2 is 1.59 bits per heavy atom. The fourth-order valence-corrected chi connectivity index (χ4v) is 3.44. The first-order valence-corrected chi connectivity index (χ1v) is 9.95. The summed E-state index contributed by atoms with van der Waals surface area (Å²) in [5.74, 6) is 0.0165. The maximum absolute atomic E-state index is 12.5. The molecule has 0 saturated heterocycles. The molecule has 0 amide bonds. The van der Waals surface area contributed by atoms with E-state index in [1.807, 2.05) is 0 Å². The second-order valence-electron chi connectivity index (χ2n) is 6.18. The van der Waals surface area contributed by atoms with E-state index in [0.29, 0.717) is 22.6 Å². The van der Waals surface area contributed by atoms with Gasteiger partial charge in [0.1, 0.15) is 0 Å². The number of benzene rings is 2. The molecule has 1 N–H and O–H groups in total. The Balaban J connectivity index is 1.74. The fraction of sp³-hybridized carbons (Fsp3) is 0.105. The molecule has 0 aliphatic heterocycles. The smallest absolute Gasteiger partial charge is 0.258 e. The molecule has 148 valence electrons. The largest absolute Gasteiger partial charge is 0.269 e. The zero-order valence-corrected chi connectivity index (χ0v) is 16.4. The van der Waals surface area contributed by atoms with Crippen molar-refractivity contribution in [3.8, 4) is 0 Å². The number of sulfonamides is 1. The Morgan fingerprint density at radius 1 is 1.00 bits per heavy atom. The van der Waals surface area contributed by atoms with Crippen LogP contribution < -0.4 is 4.72 Å². The van der Waals surface area contributed by atoms with E-state index in [2.05, 4.69) is 19.7 Å². The Hall–Kier alpha value is -3.66. The zero-order valence-electron chi connectivity index (χ0n) is 15.6. The van der Waals surface area contributed by atoms with Crippen LogP contribution in [0.3, 0.4) is 0 Å². The number of nitrogens with zero attached hydrogens (tertiary/aromatic N) is 4. The number of nitro groups is 1. The Bertz CT molecular complexity index is 1150. The standard InChI is InChI=1S/C19H17N5O4S/c1-13-11-14(2)22-19(21-13)23-29(27,28)18-9-5-16(6-10-18)20-12-15-3-7-17(8-4-15)24(25)26/h3-12H,1-2H3,(H,21,22,23). The van der Waals surface area contributed by atoms with Crippen molar-refractivity contribution in [3.63, 3.8) is 0 Å². The second kappa shape index (κ2) is 8.15. The van der Waals surface area contributed by atoms with Gasteiger partial charge in [-0.25, -0.2) is 23.1 Å². The van der Waals surface area contributed by atoms with Gasteiger partial charge < -0.3 is 0 Å². The third kappa shape index (κ3) is 5.20. The normalized spacial score (nSPS) is 11.5. The molecule has 10 heteroatoms. The molecule has 0 fully saturated rings. The number of nitrogens with one attached hydrogen (secondary N) is 1. The lowest BCUT2D eigenvalue weighted by molar-refractivity contribution is -0.384. The van der Waals surface area contributed by atoms with Gasteiger partial charge in [-0.15, -0.1) is 0 Å². The van der Waals surface area contributed by atoms with E-state index < -0.39 is 14.9 Å². The average molecular weight is 411 g/mol. The highest BCUT2D eigenvalue weighted by Gasteiger charge is 2.16. The first kappa shape index (κ1) is 20.1. The first-order valence-electron chi connectivity index (χ1n) is 8.47. The van der Waals surface area contributed by atoms with Crippen LogP contribution in [0.5, 0.6) is 0 Å². The molecule has 0 spiro atoms. The summed E-state index contributed by atoms with van der Waals surface area (Å²) in [7, 11) is -3.83. The lowest BCUT2D eigenvalue weighted by Gasteiger charge is -2.08. The third-order valence-electron chi connectivity index (χ3n) is 3.82. The minimum absolute atomic E-state index is 0.00278. The summed E-state index contributed by atoms with van der Waals surface area (Å²) < 4.78 is 27.4. The molecule has 0 aliphatic rings. The number of hydrogen-bond acceptors (Lipinski definition) is 7. The molecule has 29 heavy (non-hydrogen) atoms. The fourth-order valence-electron chi connectivity index (χ4n) is 2.49. The summed E-state index contributed by atoms with van der Waals surface area (Å²) in [6.45, 7) is 3.51. The van der Waals surface area contributed by atoms with Crippen molar-refractivity contribution in [3.05, 3.63) is 81.7 Å². The van der Waals surface area contributed by atoms with Crippen LogP contribution in [0, 0.1) is 24.0 Å². The van der Waals surface area contributed by atoms with Crippen molar-refractivity contribution in [1.82, 2.24) is 9.97 Å². The van der Waals surface area contributed by atoms with Gasteiger partial charge in [0, 0.05) is 29.7 Å². The number of anilines is 1. The van der Waals surface area contributed by atoms with Crippen molar-refractivity contribution in [2.75, 3.05) is 4.72 Å². The van der Waals surface area contributed by atoms with Crippen LogP contribution in [-0.4, -0.2) is 29.5 Å². The highest BCUT2D eigenvalue weighted by Crippen LogP contribution is 2.19. The predicted molar refractivity (Wildman–Crippen MR) is 109 cm³/mol. The summed E-state index contributed by atoms with van der Waals surface area (Å²) >= 11 is 0. The van der Waals surface area contributed by atoms with E-state index in [1.54, 1.807) is 44.2 Å². The lowest BCUT2D eigenvalue weighted by atomic mass is 10.2. The van der Waals surface area contributed by atoms with Gasteiger partial charge in [0.15, 0.2) is 0 Å². The summed E-state index contributed by atoms with van der Waals surface area (Å²) in [6.07, 6.45) is 1.54. The molecule has 3 rings (SSSR count). The van der Waals surface area contributed by atoms with Gasteiger partial charge in [0.2, 0.25) is 5.95 Å². The van der Waals surface area contributed by atoms with Crippen LogP contribution in [0.25, 0.3) is 0 Å². The minimum Gasteiger partial charge on any atom is -0.258 e. The lowest BCUT2D eigenvalue weighted by Crippen LogP contribution is -2.15. The van der Waals surface area contributed by atoms with Gasteiger partial charge in [-0.2, -0.15) is 0 Å². The number of non-ortho nitro benzene ring substituents is 1. The van der Waals surface area contributed by atoms with Crippen molar-refractivity contribution in [2.45, 2.75) is 18.7 Å². The summed E-state index contributed by atoms with van der Waals surface area (Å²) in [6, 6.07) is 13.6. The molecule has 0 aliphatic carbocycles. The third-order valence-corrected chi connectivity index (χ3v) is 5.17. The minimum atomic E-state index is -3.83. The molecular formula is C19H17N5O4S. The Kier molecular flexibility index (Phi) is 5.64. The maximum Gasteiger partial charge on any atom is 0.269 e. The molecule has 1 aromatic heterocycles. The van der Waals surface area contributed by atoms with E-state index >= 15 is 0 Å². The monoisotopic (exact) mass is 411 g/mol. The average Bonchev–Trinajstić information content (AvgIpc) is 2.66.